The molecule has 98 heavy (non-hydrogen) atoms. The third-order valence-corrected chi connectivity index (χ3v) is 21.1. The van der Waals surface area contributed by atoms with Gasteiger partial charge in [-0.25, -0.2) is 4.57 Å². The monoisotopic (exact) mass is 1400 g/mol. The van der Waals surface area contributed by atoms with Crippen LogP contribution in [0.2, 0.25) is 0 Å². The Labute approximate surface area is 612 Å². The molecule has 0 aliphatic rings. The molecule has 1 N–H and O–H groups in total. The van der Waals surface area contributed by atoms with Gasteiger partial charge in [0.15, 0.2) is 6.10 Å². The van der Waals surface area contributed by atoms with E-state index in [0.717, 1.165) is 44.9 Å². The lowest BCUT2D eigenvalue weighted by atomic mass is 10.0. The van der Waals surface area contributed by atoms with Gasteiger partial charge in [-0.1, -0.05) is 416 Å². The lowest BCUT2D eigenvalue weighted by Gasteiger charge is -2.24. The van der Waals surface area contributed by atoms with Crippen LogP contribution in [0.25, 0.3) is 0 Å². The average molecular weight is 1400 g/mol. The predicted octanol–water partition coefficient (Wildman–Crippen LogP) is 29.3. The van der Waals surface area contributed by atoms with Gasteiger partial charge in [0.2, 0.25) is 0 Å². The van der Waals surface area contributed by atoms with Crippen LogP contribution in [0.3, 0.4) is 0 Å². The molecule has 0 saturated carbocycles. The van der Waals surface area contributed by atoms with E-state index in [1.54, 1.807) is 0 Å². The highest BCUT2D eigenvalue weighted by Gasteiger charge is 2.27. The summed E-state index contributed by atoms with van der Waals surface area (Å²) in [5.74, 6) is -0.767. The Morgan fingerprint density at radius 1 is 0.316 bits per heavy atom. The summed E-state index contributed by atoms with van der Waals surface area (Å²) in [6.45, 7) is 4.51. The van der Waals surface area contributed by atoms with Crippen LogP contribution in [0.4, 0.5) is 0 Å². The lowest BCUT2D eigenvalue weighted by molar-refractivity contribution is -0.870. The summed E-state index contributed by atoms with van der Waals surface area (Å²) in [6, 6.07) is 0. The number of ether oxygens (including phenoxy) is 2. The highest BCUT2D eigenvalue weighted by molar-refractivity contribution is 7.47. The first kappa shape index (κ1) is 96.2. The van der Waals surface area contributed by atoms with Gasteiger partial charge in [0.25, 0.3) is 0 Å². The Bertz CT molecular complexity index is 1740. The van der Waals surface area contributed by atoms with Crippen LogP contribution in [0.15, 0.2) is 36.5 Å². The van der Waals surface area contributed by atoms with Gasteiger partial charge in [0, 0.05) is 12.8 Å². The number of phosphoric acid groups is 1. The Balaban J connectivity index is 3.85. The summed E-state index contributed by atoms with van der Waals surface area (Å²) in [5.41, 5.74) is 0. The maximum Gasteiger partial charge on any atom is 0.472 e. The summed E-state index contributed by atoms with van der Waals surface area (Å²) in [4.78, 5) is 36.0. The van der Waals surface area contributed by atoms with Gasteiger partial charge < -0.3 is 18.9 Å². The number of hydrogen-bond acceptors (Lipinski definition) is 7. The average Bonchev–Trinajstić information content (AvgIpc) is 1.23. The van der Waals surface area contributed by atoms with Gasteiger partial charge in [-0.3, -0.25) is 18.6 Å². The van der Waals surface area contributed by atoms with Gasteiger partial charge in [-0.15, -0.1) is 0 Å². The molecule has 0 heterocycles. The molecule has 0 fully saturated rings. The molecule has 2 atom stereocenters. The molecule has 0 amide bonds. The van der Waals surface area contributed by atoms with Crippen LogP contribution in [0, 0.1) is 0 Å². The van der Waals surface area contributed by atoms with E-state index in [-0.39, 0.29) is 25.6 Å². The third kappa shape index (κ3) is 83.2. The molecule has 0 aromatic heterocycles. The van der Waals surface area contributed by atoms with Crippen LogP contribution in [0.5, 0.6) is 0 Å². The third-order valence-electron chi connectivity index (χ3n) is 20.1. The summed E-state index contributed by atoms with van der Waals surface area (Å²) in [5, 5.41) is 0. The lowest BCUT2D eigenvalue weighted by Crippen LogP contribution is -2.37. The standard InChI is InChI=1S/C88H170NO8P/c1-6-8-10-12-14-16-18-20-22-24-26-28-30-32-34-36-38-40-42-43-44-45-47-49-51-53-55-57-59-61-63-65-67-69-71-73-75-77-79-81-88(91)97-86(85-96-98(92,93)95-83-82-89(3,4)5)84-94-87(90)80-78-76-74-72-70-68-66-64-62-60-58-56-54-52-50-48-46-41-39-37-35-33-31-29-27-25-23-21-19-17-15-13-11-9-7-2/h18,20,24-27,86H,6-17,19,21-23,28-85H2,1-5H3/p+1/b20-18-,26-24-,27-25-. The minimum atomic E-state index is -4.39. The van der Waals surface area contributed by atoms with Crippen molar-refractivity contribution in [3.8, 4) is 0 Å². The van der Waals surface area contributed by atoms with Crippen molar-refractivity contribution in [3.05, 3.63) is 36.5 Å². The molecule has 10 heteroatoms. The molecule has 0 saturated heterocycles. The van der Waals surface area contributed by atoms with E-state index in [2.05, 4.69) is 50.3 Å². The number of carbonyl (C=O) groups is 2. The summed E-state index contributed by atoms with van der Waals surface area (Å²) in [6.07, 6.45) is 105. The second-order valence-electron chi connectivity index (χ2n) is 31.3. The minimum absolute atomic E-state index is 0.0359. The van der Waals surface area contributed by atoms with E-state index < -0.39 is 26.5 Å². The van der Waals surface area contributed by atoms with E-state index in [1.807, 2.05) is 21.1 Å². The molecular formula is C88H171NO8P+. The Morgan fingerprint density at radius 2 is 0.551 bits per heavy atom. The summed E-state index contributed by atoms with van der Waals surface area (Å²) in [7, 11) is 1.51. The van der Waals surface area contributed by atoms with Crippen LogP contribution in [0.1, 0.15) is 463 Å². The first-order valence-electron chi connectivity index (χ1n) is 43.7. The zero-order valence-electron chi connectivity index (χ0n) is 66.6. The number of esters is 2. The van der Waals surface area contributed by atoms with Crippen molar-refractivity contribution in [1.29, 1.82) is 0 Å². The van der Waals surface area contributed by atoms with Crippen molar-refractivity contribution in [2.45, 2.75) is 469 Å². The fourth-order valence-electron chi connectivity index (χ4n) is 13.5. The molecule has 0 aliphatic heterocycles. The zero-order valence-corrected chi connectivity index (χ0v) is 67.5. The molecule has 0 radical (unpaired) electrons. The molecule has 580 valence electrons. The molecule has 2 unspecified atom stereocenters. The van der Waals surface area contributed by atoms with Gasteiger partial charge in [0.05, 0.1) is 27.7 Å². The molecule has 0 rings (SSSR count). The van der Waals surface area contributed by atoms with Crippen molar-refractivity contribution in [2.24, 2.45) is 0 Å². The van der Waals surface area contributed by atoms with E-state index in [4.69, 9.17) is 18.5 Å². The van der Waals surface area contributed by atoms with Gasteiger partial charge in [-0.2, -0.15) is 0 Å². The van der Waals surface area contributed by atoms with Crippen molar-refractivity contribution < 1.29 is 42.1 Å². The number of carbonyl (C=O) groups excluding carboxylic acids is 2. The molecule has 0 aromatic carbocycles. The molecule has 0 bridgehead atoms. The van der Waals surface area contributed by atoms with Crippen LogP contribution < -0.4 is 0 Å². The van der Waals surface area contributed by atoms with Crippen molar-refractivity contribution in [1.82, 2.24) is 0 Å². The smallest absolute Gasteiger partial charge is 0.462 e. The van der Waals surface area contributed by atoms with Gasteiger partial charge >= 0.3 is 19.8 Å². The van der Waals surface area contributed by atoms with E-state index in [0.29, 0.717) is 17.4 Å². The second kappa shape index (κ2) is 79.3. The largest absolute Gasteiger partial charge is 0.472 e. The van der Waals surface area contributed by atoms with Crippen molar-refractivity contribution in [2.75, 3.05) is 47.5 Å². The number of unbranched alkanes of at least 4 members (excludes halogenated alkanes) is 63. The normalized spacial score (nSPS) is 13.1. The van der Waals surface area contributed by atoms with E-state index >= 15 is 0 Å². The Kier molecular flexibility index (Phi) is 77.9. The number of likely N-dealkylation sites (N-methyl/N-ethyl adjacent to an activating group) is 1. The van der Waals surface area contributed by atoms with Crippen molar-refractivity contribution >= 4 is 19.8 Å². The molecular weight excluding hydrogens is 1230 g/mol. The number of quaternary nitrogens is 1. The maximum absolute atomic E-state index is 12.9. The predicted molar refractivity (Wildman–Crippen MR) is 427 cm³/mol. The van der Waals surface area contributed by atoms with Crippen molar-refractivity contribution in [3.63, 3.8) is 0 Å². The van der Waals surface area contributed by atoms with Gasteiger partial charge in [-0.05, 0) is 70.6 Å². The highest BCUT2D eigenvalue weighted by atomic mass is 31.2. The molecule has 0 spiro atoms. The summed E-state index contributed by atoms with van der Waals surface area (Å²) < 4.78 is 34.9. The number of allylic oxidation sites excluding steroid dienone is 6. The zero-order chi connectivity index (χ0) is 71.1. The van der Waals surface area contributed by atoms with Gasteiger partial charge in [0.1, 0.15) is 19.8 Å². The summed E-state index contributed by atoms with van der Waals surface area (Å²) >= 11 is 0. The fraction of sp³-hybridized carbons (Fsp3) is 0.909. The number of hydrogen-bond donors (Lipinski definition) is 1. The number of rotatable bonds is 83. The minimum Gasteiger partial charge on any atom is -0.462 e. The van der Waals surface area contributed by atoms with E-state index in [9.17, 15) is 19.0 Å². The quantitative estimate of drug-likeness (QED) is 0.0211. The number of nitrogens with zero attached hydrogens (tertiary/aromatic N) is 1. The first-order chi connectivity index (χ1) is 48.0. The number of phosphoric ester groups is 1. The Hall–Kier alpha value is -1.77. The fourth-order valence-corrected chi connectivity index (χ4v) is 14.2. The maximum atomic E-state index is 12.9. The van der Waals surface area contributed by atoms with E-state index in [1.165, 1.54) is 392 Å². The second-order valence-corrected chi connectivity index (χ2v) is 32.7. The SMILES string of the molecule is CCCCCCC/C=C\C/C=C\CCCCCCCCCCCCCCCCCCCCCCCCCCCCCC(=O)OC(COC(=O)CCCCCCCCCCCCCCCCCCCCCCCCC/C=C\CCCCCCCCCC)COP(=O)(O)OCC[N+](C)(C)C. The van der Waals surface area contributed by atoms with Crippen LogP contribution in [-0.4, -0.2) is 74.9 Å². The molecule has 0 aliphatic carbocycles. The highest BCUT2D eigenvalue weighted by Crippen LogP contribution is 2.43. The molecule has 0 aromatic rings. The van der Waals surface area contributed by atoms with Crippen LogP contribution in [-0.2, 0) is 32.7 Å². The Morgan fingerprint density at radius 3 is 0.816 bits per heavy atom. The topological polar surface area (TPSA) is 108 Å². The van der Waals surface area contributed by atoms with Crippen LogP contribution >= 0.6 is 7.82 Å². The first-order valence-corrected chi connectivity index (χ1v) is 45.2. The molecule has 9 nitrogen and oxygen atoms in total.